The molecule has 0 aromatic rings. The molecule has 4 saturated carbocycles. The van der Waals surface area contributed by atoms with Crippen molar-refractivity contribution in [3.8, 4) is 0 Å². The Kier molecular flexibility index (Phi) is 1.28. The molecule has 0 aliphatic heterocycles. The molecule has 4 aliphatic rings. The second-order valence-corrected chi connectivity index (χ2v) is 9.34. The molecule has 0 radical (unpaired) electrons. The van der Waals surface area contributed by atoms with Crippen LogP contribution in [0.5, 0.6) is 0 Å². The maximum absolute atomic E-state index is 4.01. The monoisotopic (exact) mass is 340 g/mol. The molecule has 12 heavy (non-hydrogen) atoms. The summed E-state index contributed by atoms with van der Waals surface area (Å²) in [6.45, 7) is 5.01. The summed E-state index contributed by atoms with van der Waals surface area (Å²) in [4.78, 5) is 0. The zero-order valence-corrected chi connectivity index (χ0v) is 11.3. The Morgan fingerprint density at radius 1 is 1.00 bits per heavy atom. The zero-order chi connectivity index (χ0) is 8.83. The third kappa shape index (κ3) is 0.626. The van der Waals surface area contributed by atoms with Crippen molar-refractivity contribution in [1.29, 1.82) is 0 Å². The number of halogens is 2. The van der Waals surface area contributed by atoms with Crippen molar-refractivity contribution in [3.63, 3.8) is 0 Å². The minimum Gasteiger partial charge on any atom is -0.0838 e. The van der Waals surface area contributed by atoms with Crippen LogP contribution in [-0.4, -0.2) is 7.75 Å². The fourth-order valence-corrected chi connectivity index (χ4v) is 7.79. The van der Waals surface area contributed by atoms with E-state index in [-0.39, 0.29) is 0 Å². The lowest BCUT2D eigenvalue weighted by Crippen LogP contribution is -2.33. The first-order chi connectivity index (χ1) is 5.33. The van der Waals surface area contributed by atoms with Crippen molar-refractivity contribution in [2.45, 2.75) is 47.3 Å². The molecule has 4 aliphatic carbocycles. The fourth-order valence-electron chi connectivity index (χ4n) is 4.21. The van der Waals surface area contributed by atoms with E-state index >= 15 is 0 Å². The molecule has 4 bridgehead atoms. The molecule has 0 aromatic heterocycles. The molecule has 0 nitrogen and oxygen atoms in total. The van der Waals surface area contributed by atoms with Crippen molar-refractivity contribution in [2.75, 3.05) is 0 Å². The molecule has 4 fully saturated rings. The second kappa shape index (κ2) is 1.80. The van der Waals surface area contributed by atoms with Crippen LogP contribution in [0.2, 0.25) is 0 Å². The Morgan fingerprint density at radius 2 is 1.42 bits per heavy atom. The van der Waals surface area contributed by atoms with E-state index < -0.39 is 0 Å². The van der Waals surface area contributed by atoms with Crippen molar-refractivity contribution in [3.05, 3.63) is 0 Å². The van der Waals surface area contributed by atoms with Crippen molar-refractivity contribution in [1.82, 2.24) is 0 Å². The summed E-state index contributed by atoms with van der Waals surface area (Å²) in [5, 5.41) is 0. The number of hydrogen-bond donors (Lipinski definition) is 0. The molecule has 2 unspecified atom stereocenters. The molecular formula is C10H14BrI. The van der Waals surface area contributed by atoms with Gasteiger partial charge in [-0.25, -0.2) is 0 Å². The minimum absolute atomic E-state index is 0.504. The van der Waals surface area contributed by atoms with Gasteiger partial charge in [0.2, 0.25) is 0 Å². The van der Waals surface area contributed by atoms with Gasteiger partial charge in [0, 0.05) is 7.75 Å². The lowest BCUT2D eigenvalue weighted by molar-refractivity contribution is 0.157. The van der Waals surface area contributed by atoms with E-state index in [0.717, 1.165) is 0 Å². The second-order valence-electron chi connectivity index (χ2n) is 5.76. The molecule has 2 atom stereocenters. The minimum atomic E-state index is 0.504. The van der Waals surface area contributed by atoms with Crippen LogP contribution < -0.4 is 0 Å². The lowest BCUT2D eigenvalue weighted by atomic mass is 9.71. The standard InChI is InChI=1S/C10H14BrI/c1-7-3-9(11)4-8(7,2)6-10(9,12)5-7/h3-6H2,1-2H3. The van der Waals surface area contributed by atoms with Crippen LogP contribution in [0.4, 0.5) is 0 Å². The van der Waals surface area contributed by atoms with Crippen LogP contribution in [0.3, 0.4) is 0 Å². The normalized spacial score (nSPS) is 73.0. The summed E-state index contributed by atoms with van der Waals surface area (Å²) in [7, 11) is 0. The molecule has 68 valence electrons. The maximum Gasteiger partial charge on any atom is 0.0414 e. The van der Waals surface area contributed by atoms with Gasteiger partial charge in [0.15, 0.2) is 0 Å². The lowest BCUT2D eigenvalue weighted by Gasteiger charge is -2.33. The van der Waals surface area contributed by atoms with Gasteiger partial charge < -0.3 is 0 Å². The van der Waals surface area contributed by atoms with Gasteiger partial charge in [0.05, 0.1) is 0 Å². The Labute approximate surface area is 96.1 Å². The third-order valence-electron chi connectivity index (χ3n) is 4.94. The topological polar surface area (TPSA) is 0 Å². The highest BCUT2D eigenvalue weighted by atomic mass is 127. The van der Waals surface area contributed by atoms with Gasteiger partial charge in [0.25, 0.3) is 0 Å². The summed E-state index contributed by atoms with van der Waals surface area (Å²) in [5.74, 6) is 0. The van der Waals surface area contributed by atoms with Gasteiger partial charge in [-0.3, -0.25) is 0 Å². The Hall–Kier alpha value is 1.21. The van der Waals surface area contributed by atoms with Crippen LogP contribution >= 0.6 is 38.5 Å². The summed E-state index contributed by atoms with van der Waals surface area (Å²) >= 11 is 6.74. The average Bonchev–Trinajstić information content (AvgIpc) is 2.19. The summed E-state index contributed by atoms with van der Waals surface area (Å²) in [6.07, 6.45) is 5.73. The SMILES string of the molecule is CC12CC3(Br)CC1(C)CC3(I)C2. The highest BCUT2D eigenvalue weighted by molar-refractivity contribution is 14.1. The van der Waals surface area contributed by atoms with E-state index in [1.165, 1.54) is 25.7 Å². The predicted molar refractivity (Wildman–Crippen MR) is 63.1 cm³/mol. The maximum atomic E-state index is 4.01. The molecule has 0 heterocycles. The van der Waals surface area contributed by atoms with E-state index in [9.17, 15) is 0 Å². The van der Waals surface area contributed by atoms with Crippen LogP contribution in [0.25, 0.3) is 0 Å². The number of alkyl halides is 2. The van der Waals surface area contributed by atoms with Crippen LogP contribution in [0.15, 0.2) is 0 Å². The summed E-state index contributed by atoms with van der Waals surface area (Å²) in [6, 6.07) is 0. The molecule has 0 spiro atoms. The summed E-state index contributed by atoms with van der Waals surface area (Å²) < 4.78 is 1.10. The average molecular weight is 341 g/mol. The van der Waals surface area contributed by atoms with Crippen LogP contribution in [0, 0.1) is 10.8 Å². The first kappa shape index (κ1) is 8.51. The molecule has 4 rings (SSSR count). The van der Waals surface area contributed by atoms with Gasteiger partial charge >= 0.3 is 0 Å². The highest BCUT2D eigenvalue weighted by Crippen LogP contribution is 2.84. The van der Waals surface area contributed by atoms with Crippen molar-refractivity contribution in [2.24, 2.45) is 10.8 Å². The van der Waals surface area contributed by atoms with Gasteiger partial charge in [-0.2, -0.15) is 0 Å². The van der Waals surface area contributed by atoms with E-state index in [2.05, 4.69) is 52.4 Å². The number of hydrogen-bond acceptors (Lipinski definition) is 0. The van der Waals surface area contributed by atoms with Gasteiger partial charge in [0.1, 0.15) is 0 Å². The van der Waals surface area contributed by atoms with Gasteiger partial charge in [-0.15, -0.1) is 0 Å². The molecule has 0 aromatic carbocycles. The smallest absolute Gasteiger partial charge is 0.0414 e. The van der Waals surface area contributed by atoms with E-state index in [4.69, 9.17) is 0 Å². The Balaban J connectivity index is 2.23. The quantitative estimate of drug-likeness (QED) is 0.463. The van der Waals surface area contributed by atoms with Crippen LogP contribution in [0.1, 0.15) is 39.5 Å². The Bertz CT molecular complexity index is 207. The molecular weight excluding hydrogens is 327 g/mol. The highest BCUT2D eigenvalue weighted by Gasteiger charge is 2.79. The van der Waals surface area contributed by atoms with Gasteiger partial charge in [-0.05, 0) is 36.5 Å². The van der Waals surface area contributed by atoms with Crippen molar-refractivity contribution < 1.29 is 0 Å². The Morgan fingerprint density at radius 3 is 1.50 bits per heavy atom. The predicted octanol–water partition coefficient (Wildman–Crippen LogP) is 3.91. The molecule has 0 saturated heterocycles. The van der Waals surface area contributed by atoms with E-state index in [0.29, 0.717) is 18.6 Å². The summed E-state index contributed by atoms with van der Waals surface area (Å²) in [5.41, 5.74) is 1.30. The van der Waals surface area contributed by atoms with E-state index in [1.807, 2.05) is 0 Å². The molecule has 2 heteroatoms. The van der Waals surface area contributed by atoms with Crippen LogP contribution in [-0.2, 0) is 0 Å². The first-order valence-corrected chi connectivity index (χ1v) is 6.58. The zero-order valence-electron chi connectivity index (χ0n) is 7.58. The van der Waals surface area contributed by atoms with E-state index in [1.54, 1.807) is 0 Å². The number of rotatable bonds is 0. The molecule has 0 N–H and O–H groups in total. The van der Waals surface area contributed by atoms with Crippen molar-refractivity contribution >= 4 is 38.5 Å². The van der Waals surface area contributed by atoms with Gasteiger partial charge in [-0.1, -0.05) is 52.4 Å². The first-order valence-electron chi connectivity index (χ1n) is 4.71. The molecule has 0 amide bonds. The third-order valence-corrected chi connectivity index (χ3v) is 8.80. The fraction of sp³-hybridized carbons (Fsp3) is 1.00. The largest absolute Gasteiger partial charge is 0.0838 e.